The number of carbonyl (C=O) groups excluding carboxylic acids is 2. The van der Waals surface area contributed by atoms with Crippen molar-refractivity contribution in [3.63, 3.8) is 0 Å². The van der Waals surface area contributed by atoms with Gasteiger partial charge >= 0.3 is 18.0 Å². The molecular formula is C46H63N5O7. The van der Waals surface area contributed by atoms with Gasteiger partial charge in [0.25, 0.3) is 0 Å². The minimum absolute atomic E-state index is 0.0330. The van der Waals surface area contributed by atoms with Gasteiger partial charge in [0.2, 0.25) is 0 Å². The van der Waals surface area contributed by atoms with E-state index in [9.17, 15) is 19.5 Å². The van der Waals surface area contributed by atoms with Crippen LogP contribution >= 0.6 is 0 Å². The fourth-order valence-corrected chi connectivity index (χ4v) is 11.7. The minimum Gasteiger partial charge on any atom is -0.477 e. The van der Waals surface area contributed by atoms with Crippen LogP contribution in [0.25, 0.3) is 11.3 Å². The first-order valence-electron chi connectivity index (χ1n) is 21.0. The van der Waals surface area contributed by atoms with Gasteiger partial charge in [0.1, 0.15) is 16.9 Å². The molecule has 4 saturated carbocycles. The molecule has 0 radical (unpaired) electrons. The number of esters is 1. The van der Waals surface area contributed by atoms with Crippen LogP contribution in [0.15, 0.2) is 42.6 Å². The molecule has 2 aromatic heterocycles. The number of fused-ring (bicyclic) bond motifs is 1. The maximum Gasteiger partial charge on any atom is 0.410 e. The van der Waals surface area contributed by atoms with E-state index in [1.54, 1.807) is 11.0 Å². The molecule has 1 aromatic carbocycles. The first-order chi connectivity index (χ1) is 27.0. The molecule has 4 fully saturated rings. The Bertz CT molecular complexity index is 2040. The van der Waals surface area contributed by atoms with Crippen LogP contribution in [0.2, 0.25) is 0 Å². The maximum absolute atomic E-state index is 13.3. The van der Waals surface area contributed by atoms with E-state index in [-0.39, 0.29) is 52.4 Å². The number of rotatable bonds is 12. The second kappa shape index (κ2) is 15.0. The second-order valence-corrected chi connectivity index (χ2v) is 20.7. The van der Waals surface area contributed by atoms with Gasteiger partial charge in [-0.3, -0.25) is 9.48 Å². The third-order valence-corrected chi connectivity index (χ3v) is 12.5. The number of nitrogens with one attached hydrogen (secondary N) is 1. The van der Waals surface area contributed by atoms with Crippen molar-refractivity contribution in [1.29, 1.82) is 0 Å². The number of carbonyl (C=O) groups is 3. The number of ether oxygens (including phenoxy) is 3. The number of hydrogen-bond acceptors (Lipinski definition) is 9. The van der Waals surface area contributed by atoms with Gasteiger partial charge in [-0.05, 0) is 139 Å². The quantitative estimate of drug-likeness (QED) is 0.171. The van der Waals surface area contributed by atoms with E-state index in [0.717, 1.165) is 62.9 Å². The predicted octanol–water partition coefficient (Wildman–Crippen LogP) is 8.81. The van der Waals surface area contributed by atoms with Crippen LogP contribution < -0.4 is 5.32 Å². The summed E-state index contributed by atoms with van der Waals surface area (Å²) in [7, 11) is 0. The molecule has 2 N–H and O–H groups in total. The van der Waals surface area contributed by atoms with E-state index in [0.29, 0.717) is 18.8 Å². The van der Waals surface area contributed by atoms with Crippen LogP contribution in [0.4, 0.5) is 10.5 Å². The number of aromatic nitrogens is 3. The van der Waals surface area contributed by atoms with Crippen LogP contribution in [-0.2, 0) is 32.0 Å². The molecule has 3 unspecified atom stereocenters. The molecule has 3 atom stereocenters. The summed E-state index contributed by atoms with van der Waals surface area (Å²) in [5, 5.41) is 18.1. The number of amides is 1. The van der Waals surface area contributed by atoms with E-state index in [4.69, 9.17) is 19.3 Å². The molecule has 5 aliphatic rings. The smallest absolute Gasteiger partial charge is 0.410 e. The summed E-state index contributed by atoms with van der Waals surface area (Å²) in [5.41, 5.74) is 5.07. The van der Waals surface area contributed by atoms with Gasteiger partial charge in [0.05, 0.1) is 30.5 Å². The zero-order chi connectivity index (χ0) is 41.9. The third-order valence-electron chi connectivity index (χ3n) is 12.5. The molecule has 314 valence electrons. The number of anilines is 1. The number of carboxylic acid groups (broad SMARTS) is 1. The van der Waals surface area contributed by atoms with Crippen molar-refractivity contribution in [2.24, 2.45) is 16.2 Å². The van der Waals surface area contributed by atoms with Crippen LogP contribution in [-0.4, -0.2) is 85.8 Å². The van der Waals surface area contributed by atoms with Crippen molar-refractivity contribution in [1.82, 2.24) is 19.7 Å². The Morgan fingerprint density at radius 3 is 2.31 bits per heavy atom. The molecule has 1 aliphatic heterocycles. The predicted molar refractivity (Wildman–Crippen MR) is 222 cm³/mol. The van der Waals surface area contributed by atoms with Crippen LogP contribution in [0, 0.1) is 23.2 Å². The summed E-state index contributed by atoms with van der Waals surface area (Å²) in [5.74, 6) is -1.11. The van der Waals surface area contributed by atoms with E-state index >= 15 is 0 Å². The van der Waals surface area contributed by atoms with Gasteiger partial charge in [0.15, 0.2) is 0 Å². The summed E-state index contributed by atoms with van der Waals surface area (Å²) in [4.78, 5) is 43.4. The van der Waals surface area contributed by atoms with Gasteiger partial charge in [-0.25, -0.2) is 14.6 Å². The van der Waals surface area contributed by atoms with E-state index in [1.165, 1.54) is 29.3 Å². The summed E-state index contributed by atoms with van der Waals surface area (Å²) in [6.07, 6.45) is 9.00. The second-order valence-electron chi connectivity index (χ2n) is 20.7. The molecule has 4 bridgehead atoms. The zero-order valence-corrected chi connectivity index (χ0v) is 36.0. The molecule has 0 spiro atoms. The topological polar surface area (TPSA) is 145 Å². The summed E-state index contributed by atoms with van der Waals surface area (Å²) in [6, 6.07) is 11.3. The van der Waals surface area contributed by atoms with Crippen LogP contribution in [0.1, 0.15) is 134 Å². The largest absolute Gasteiger partial charge is 0.477 e. The van der Waals surface area contributed by atoms with Gasteiger partial charge in [-0.15, -0.1) is 0 Å². The lowest BCUT2D eigenvalue weighted by Gasteiger charge is -2.69. The molecular weight excluding hydrogens is 735 g/mol. The molecule has 3 aromatic rings. The van der Waals surface area contributed by atoms with Gasteiger partial charge < -0.3 is 29.5 Å². The molecule has 58 heavy (non-hydrogen) atoms. The number of benzene rings is 1. The van der Waals surface area contributed by atoms with Crippen LogP contribution in [0.3, 0.4) is 0 Å². The van der Waals surface area contributed by atoms with E-state index < -0.39 is 23.3 Å². The Balaban J connectivity index is 1.04. The van der Waals surface area contributed by atoms with Crippen molar-refractivity contribution in [3.8, 4) is 11.3 Å². The van der Waals surface area contributed by atoms with Crippen molar-refractivity contribution in [2.75, 3.05) is 31.6 Å². The SMILES string of the molecule is Cc1c(C2CNc3cc(-c4cccc(C(=O)O)n4)ccc3C2)cnn1CC12CC3(C)CC(C)(C1)CC(OCCN(CCC(=O)OC(C)(C)C)C(=O)OC(C)(C)C)(C3)C2. The minimum atomic E-state index is -1.04. The Hall–Kier alpha value is -4.45. The molecule has 12 heteroatoms. The highest BCUT2D eigenvalue weighted by atomic mass is 16.6. The molecule has 1 amide bonds. The summed E-state index contributed by atoms with van der Waals surface area (Å²) in [6.45, 7) is 20.7. The van der Waals surface area contributed by atoms with Gasteiger partial charge in [-0.1, -0.05) is 32.0 Å². The lowest BCUT2D eigenvalue weighted by atomic mass is 9.39. The number of carboxylic acids is 1. The zero-order valence-electron chi connectivity index (χ0n) is 36.0. The van der Waals surface area contributed by atoms with Crippen molar-refractivity contribution in [2.45, 2.75) is 143 Å². The highest BCUT2D eigenvalue weighted by Gasteiger charge is 2.66. The molecule has 3 heterocycles. The molecule has 8 rings (SSSR count). The van der Waals surface area contributed by atoms with Gasteiger partial charge in [0, 0.05) is 49.0 Å². The van der Waals surface area contributed by atoms with Crippen molar-refractivity contribution >= 4 is 23.7 Å². The summed E-state index contributed by atoms with van der Waals surface area (Å²) >= 11 is 0. The third kappa shape index (κ3) is 9.22. The fraction of sp³-hybridized carbons (Fsp3) is 0.630. The highest BCUT2D eigenvalue weighted by Crippen LogP contribution is 2.72. The van der Waals surface area contributed by atoms with Gasteiger partial charge in [-0.2, -0.15) is 5.10 Å². The normalized spacial score (nSPS) is 27.4. The molecule has 4 aliphatic carbocycles. The Morgan fingerprint density at radius 1 is 0.931 bits per heavy atom. The summed E-state index contributed by atoms with van der Waals surface area (Å²) < 4.78 is 20.5. The molecule has 0 saturated heterocycles. The van der Waals surface area contributed by atoms with E-state index in [1.807, 2.05) is 53.7 Å². The Kier molecular flexibility index (Phi) is 10.8. The molecule has 12 nitrogen and oxygen atoms in total. The number of aromatic carboxylic acids is 1. The average molecular weight is 798 g/mol. The van der Waals surface area contributed by atoms with Crippen molar-refractivity contribution in [3.05, 3.63) is 65.1 Å². The number of hydrogen-bond donors (Lipinski definition) is 2. The fourth-order valence-electron chi connectivity index (χ4n) is 11.7. The lowest BCUT2D eigenvalue weighted by molar-refractivity contribution is -0.248. The average Bonchev–Trinajstić information content (AvgIpc) is 3.44. The first kappa shape index (κ1) is 41.7. The maximum atomic E-state index is 13.3. The van der Waals surface area contributed by atoms with Crippen molar-refractivity contribution < 1.29 is 33.7 Å². The first-order valence-corrected chi connectivity index (χ1v) is 21.0. The lowest BCUT2D eigenvalue weighted by Crippen LogP contribution is -2.64. The number of pyridine rings is 1. The monoisotopic (exact) mass is 797 g/mol. The Morgan fingerprint density at radius 2 is 1.64 bits per heavy atom. The number of nitrogens with zero attached hydrogens (tertiary/aromatic N) is 4. The highest BCUT2D eigenvalue weighted by molar-refractivity contribution is 5.86. The Labute approximate surface area is 343 Å². The van der Waals surface area contributed by atoms with Crippen LogP contribution in [0.5, 0.6) is 0 Å². The van der Waals surface area contributed by atoms with E-state index in [2.05, 4.69) is 54.1 Å². The standard InChI is InChI=1S/C46H63N5O7/c1-30-34(33-19-31-13-14-32(20-37(31)47-21-33)35-11-10-12-36(49-35)39(53)54)22-48-51(30)29-45-24-43(8)23-44(9,25-45)27-46(26-43,28-45)56-18-17-50(40(55)58-42(5,6)7)16-15-38(52)57-41(2,3)4/h10-14,20,22,33,47H,15-19,21,23-29H2,1-9H3,(H,53,54).